The van der Waals surface area contributed by atoms with Gasteiger partial charge in [-0.25, -0.2) is 0 Å². The minimum atomic E-state index is 0.475. The molecule has 0 bridgehead atoms. The summed E-state index contributed by atoms with van der Waals surface area (Å²) in [6.45, 7) is 5.59. The van der Waals surface area contributed by atoms with Crippen molar-refractivity contribution in [2.24, 2.45) is 11.7 Å². The summed E-state index contributed by atoms with van der Waals surface area (Å²) in [7, 11) is 4.33. The molecule has 2 N–H and O–H groups in total. The van der Waals surface area contributed by atoms with Crippen LogP contribution in [0.2, 0.25) is 0 Å². The molecule has 0 radical (unpaired) electrons. The highest BCUT2D eigenvalue weighted by atomic mass is 32.1. The van der Waals surface area contributed by atoms with E-state index in [0.29, 0.717) is 16.9 Å². The van der Waals surface area contributed by atoms with Crippen LogP contribution in [0.3, 0.4) is 0 Å². The van der Waals surface area contributed by atoms with Gasteiger partial charge in [-0.3, -0.25) is 4.90 Å². The Balaban J connectivity index is 2.02. The molecule has 19 heavy (non-hydrogen) atoms. The van der Waals surface area contributed by atoms with Gasteiger partial charge in [-0.05, 0) is 31.6 Å². The van der Waals surface area contributed by atoms with Crippen LogP contribution >= 0.6 is 12.2 Å². The normalized spacial score (nSPS) is 24.0. The Morgan fingerprint density at radius 1 is 1.42 bits per heavy atom. The highest BCUT2D eigenvalue weighted by Gasteiger charge is 2.30. The molecule has 3 nitrogen and oxygen atoms in total. The van der Waals surface area contributed by atoms with Gasteiger partial charge in [-0.1, -0.05) is 37.3 Å². The van der Waals surface area contributed by atoms with Gasteiger partial charge in [0.1, 0.15) is 4.99 Å². The van der Waals surface area contributed by atoms with Gasteiger partial charge in [-0.15, -0.1) is 0 Å². The average Bonchev–Trinajstić information content (AvgIpc) is 2.70. The third-order valence-corrected chi connectivity index (χ3v) is 4.16. The molecule has 104 valence electrons. The van der Waals surface area contributed by atoms with Gasteiger partial charge in [0.25, 0.3) is 0 Å². The lowest BCUT2D eigenvalue weighted by Gasteiger charge is -2.22. The molecule has 0 spiro atoms. The lowest BCUT2D eigenvalue weighted by atomic mass is 10.1. The lowest BCUT2D eigenvalue weighted by Crippen LogP contribution is -2.34. The molecule has 2 rings (SSSR count). The van der Waals surface area contributed by atoms with Gasteiger partial charge in [0, 0.05) is 31.2 Å². The summed E-state index contributed by atoms with van der Waals surface area (Å²) in [5, 5.41) is 0. The van der Waals surface area contributed by atoms with Crippen LogP contribution < -0.4 is 5.73 Å². The molecule has 1 heterocycles. The van der Waals surface area contributed by atoms with Crippen LogP contribution in [0.5, 0.6) is 0 Å². The Hall–Kier alpha value is -0.970. The molecule has 0 amide bonds. The van der Waals surface area contributed by atoms with Crippen molar-refractivity contribution < 1.29 is 0 Å². The first-order valence-corrected chi connectivity index (χ1v) is 7.15. The third kappa shape index (κ3) is 3.53. The van der Waals surface area contributed by atoms with E-state index in [1.165, 1.54) is 5.56 Å². The number of likely N-dealkylation sites (N-methyl/N-ethyl adjacent to an activating group) is 1. The van der Waals surface area contributed by atoms with Gasteiger partial charge in [0.15, 0.2) is 0 Å². The van der Waals surface area contributed by atoms with E-state index >= 15 is 0 Å². The Morgan fingerprint density at radius 2 is 2.16 bits per heavy atom. The molecule has 1 aromatic carbocycles. The number of thiocarbonyl (C=S) groups is 1. The molecule has 1 aromatic rings. The molecule has 2 unspecified atom stereocenters. The number of benzene rings is 1. The molecule has 2 atom stereocenters. The van der Waals surface area contributed by atoms with Crippen molar-refractivity contribution >= 4 is 17.2 Å². The fourth-order valence-electron chi connectivity index (χ4n) is 2.93. The molecule has 1 fully saturated rings. The van der Waals surface area contributed by atoms with Crippen molar-refractivity contribution in [3.8, 4) is 0 Å². The number of rotatable bonds is 4. The predicted octanol–water partition coefficient (Wildman–Crippen LogP) is 1.70. The minimum Gasteiger partial charge on any atom is -0.389 e. The zero-order valence-electron chi connectivity index (χ0n) is 12.0. The molecule has 0 aromatic heterocycles. The first kappa shape index (κ1) is 14.4. The van der Waals surface area contributed by atoms with Crippen LogP contribution in [0.1, 0.15) is 18.1 Å². The smallest absolute Gasteiger partial charge is 0.103 e. The zero-order valence-corrected chi connectivity index (χ0v) is 12.8. The maximum atomic E-state index is 5.69. The second kappa shape index (κ2) is 5.99. The SMILES string of the molecule is CC1CN(Cc2cccc(C(N)=S)c2)CC1N(C)C. The van der Waals surface area contributed by atoms with E-state index in [9.17, 15) is 0 Å². The molecule has 0 aliphatic carbocycles. The van der Waals surface area contributed by atoms with Gasteiger partial charge in [0.2, 0.25) is 0 Å². The van der Waals surface area contributed by atoms with Gasteiger partial charge in [0.05, 0.1) is 0 Å². The summed E-state index contributed by atoms with van der Waals surface area (Å²) >= 11 is 5.03. The Morgan fingerprint density at radius 3 is 2.74 bits per heavy atom. The lowest BCUT2D eigenvalue weighted by molar-refractivity contribution is 0.250. The Kier molecular flexibility index (Phi) is 4.55. The molecule has 1 aliphatic heterocycles. The van der Waals surface area contributed by atoms with Crippen LogP contribution in [0.4, 0.5) is 0 Å². The van der Waals surface area contributed by atoms with Crippen LogP contribution in [0.15, 0.2) is 24.3 Å². The Labute approximate surface area is 121 Å². The highest BCUT2D eigenvalue weighted by molar-refractivity contribution is 7.80. The van der Waals surface area contributed by atoms with E-state index in [1.54, 1.807) is 0 Å². The predicted molar refractivity (Wildman–Crippen MR) is 84.2 cm³/mol. The zero-order chi connectivity index (χ0) is 14.0. The standard InChI is InChI=1S/C15H23N3S/c1-11-8-18(10-14(11)17(2)3)9-12-5-4-6-13(7-12)15(16)19/h4-7,11,14H,8-10H2,1-3H3,(H2,16,19). The van der Waals surface area contributed by atoms with E-state index in [4.69, 9.17) is 18.0 Å². The molecule has 0 saturated carbocycles. The number of likely N-dealkylation sites (tertiary alicyclic amines) is 1. The van der Waals surface area contributed by atoms with Crippen molar-refractivity contribution in [2.45, 2.75) is 19.5 Å². The summed E-state index contributed by atoms with van der Waals surface area (Å²) < 4.78 is 0. The van der Waals surface area contributed by atoms with Crippen molar-refractivity contribution in [1.29, 1.82) is 0 Å². The van der Waals surface area contributed by atoms with Crippen molar-refractivity contribution in [1.82, 2.24) is 9.80 Å². The van der Waals surface area contributed by atoms with Gasteiger partial charge in [-0.2, -0.15) is 0 Å². The summed E-state index contributed by atoms with van der Waals surface area (Å²) in [4.78, 5) is 5.31. The Bertz CT molecular complexity index is 458. The highest BCUT2D eigenvalue weighted by Crippen LogP contribution is 2.22. The maximum Gasteiger partial charge on any atom is 0.103 e. The number of nitrogens with zero attached hydrogens (tertiary/aromatic N) is 2. The van der Waals surface area contributed by atoms with E-state index in [2.05, 4.69) is 43.0 Å². The topological polar surface area (TPSA) is 32.5 Å². The monoisotopic (exact) mass is 277 g/mol. The van der Waals surface area contributed by atoms with Crippen molar-refractivity contribution in [3.05, 3.63) is 35.4 Å². The summed E-state index contributed by atoms with van der Waals surface area (Å²) in [6.07, 6.45) is 0. The second-order valence-electron chi connectivity index (χ2n) is 5.77. The quantitative estimate of drug-likeness (QED) is 0.849. The van der Waals surface area contributed by atoms with Crippen molar-refractivity contribution in [3.63, 3.8) is 0 Å². The summed E-state index contributed by atoms with van der Waals surface area (Å²) in [5.74, 6) is 0.716. The maximum absolute atomic E-state index is 5.69. The van der Waals surface area contributed by atoms with E-state index < -0.39 is 0 Å². The largest absolute Gasteiger partial charge is 0.389 e. The fraction of sp³-hybridized carbons (Fsp3) is 0.533. The molecule has 1 aliphatic rings. The average molecular weight is 277 g/mol. The summed E-state index contributed by atoms with van der Waals surface area (Å²) in [5.41, 5.74) is 7.94. The van der Waals surface area contributed by atoms with Crippen LogP contribution in [-0.4, -0.2) is 48.0 Å². The van der Waals surface area contributed by atoms with Crippen LogP contribution in [0.25, 0.3) is 0 Å². The van der Waals surface area contributed by atoms with Crippen LogP contribution in [0, 0.1) is 5.92 Å². The second-order valence-corrected chi connectivity index (χ2v) is 6.21. The minimum absolute atomic E-state index is 0.475. The first-order valence-electron chi connectivity index (χ1n) is 6.75. The third-order valence-electron chi connectivity index (χ3n) is 3.93. The van der Waals surface area contributed by atoms with Gasteiger partial charge < -0.3 is 10.6 Å². The fourth-order valence-corrected chi connectivity index (χ4v) is 3.06. The molecule has 4 heteroatoms. The van der Waals surface area contributed by atoms with Crippen LogP contribution in [-0.2, 0) is 6.54 Å². The van der Waals surface area contributed by atoms with E-state index in [0.717, 1.165) is 25.2 Å². The molecular formula is C15H23N3S. The summed E-state index contributed by atoms with van der Waals surface area (Å²) in [6, 6.07) is 8.91. The molecule has 1 saturated heterocycles. The van der Waals surface area contributed by atoms with E-state index in [1.807, 2.05) is 12.1 Å². The first-order chi connectivity index (χ1) is 8.97. The molecular weight excluding hydrogens is 254 g/mol. The van der Waals surface area contributed by atoms with E-state index in [-0.39, 0.29) is 0 Å². The number of hydrogen-bond donors (Lipinski definition) is 1. The van der Waals surface area contributed by atoms with Gasteiger partial charge >= 0.3 is 0 Å². The number of nitrogens with two attached hydrogens (primary N) is 1. The van der Waals surface area contributed by atoms with Crippen molar-refractivity contribution in [2.75, 3.05) is 27.2 Å². The number of hydrogen-bond acceptors (Lipinski definition) is 3.